The van der Waals surface area contributed by atoms with E-state index < -0.39 is 5.91 Å². The molecule has 146 valence electrons. The summed E-state index contributed by atoms with van der Waals surface area (Å²) < 4.78 is 3.24. The molecular formula is C20H16ClN5O2S. The fraction of sp³-hybridized carbons (Fsp3) is 0.100. The van der Waals surface area contributed by atoms with Crippen LogP contribution in [-0.4, -0.2) is 25.0 Å². The molecule has 2 N–H and O–H groups in total. The van der Waals surface area contributed by atoms with Crippen molar-refractivity contribution in [3.63, 3.8) is 0 Å². The Hall–Kier alpha value is -3.10. The van der Waals surface area contributed by atoms with E-state index in [0.29, 0.717) is 27.5 Å². The van der Waals surface area contributed by atoms with Crippen molar-refractivity contribution in [2.75, 3.05) is 0 Å². The van der Waals surface area contributed by atoms with Crippen LogP contribution in [0.25, 0.3) is 16.6 Å². The highest BCUT2D eigenvalue weighted by Crippen LogP contribution is 2.24. The molecule has 29 heavy (non-hydrogen) atoms. The van der Waals surface area contributed by atoms with Crippen molar-refractivity contribution in [1.82, 2.24) is 19.1 Å². The van der Waals surface area contributed by atoms with Gasteiger partial charge in [-0.1, -0.05) is 35.5 Å². The fourth-order valence-corrected chi connectivity index (χ4v) is 4.01. The molecule has 0 unspecified atom stereocenters. The molecule has 0 aliphatic carbocycles. The molecule has 0 saturated carbocycles. The number of thioether (sulfide) groups is 1. The minimum atomic E-state index is -0.599. The number of nitrogens with two attached hydrogens (primary N) is 1. The van der Waals surface area contributed by atoms with E-state index in [9.17, 15) is 9.59 Å². The molecule has 2 aromatic heterocycles. The van der Waals surface area contributed by atoms with Crippen LogP contribution in [0.5, 0.6) is 0 Å². The predicted molar refractivity (Wildman–Crippen MR) is 113 cm³/mol. The summed E-state index contributed by atoms with van der Waals surface area (Å²) in [6.07, 6.45) is 3.54. The van der Waals surface area contributed by atoms with Crippen LogP contribution in [-0.2, 0) is 17.1 Å². The molecule has 0 aliphatic heterocycles. The highest BCUT2D eigenvalue weighted by molar-refractivity contribution is 7.98. The highest BCUT2D eigenvalue weighted by Gasteiger charge is 2.14. The highest BCUT2D eigenvalue weighted by atomic mass is 35.5. The van der Waals surface area contributed by atoms with Gasteiger partial charge in [0.05, 0.1) is 16.7 Å². The Bertz CT molecular complexity index is 1250. The first-order chi connectivity index (χ1) is 14.0. The van der Waals surface area contributed by atoms with Crippen molar-refractivity contribution in [3.05, 3.63) is 82.1 Å². The zero-order valence-electron chi connectivity index (χ0n) is 15.2. The van der Waals surface area contributed by atoms with Gasteiger partial charge in [-0.15, -0.1) is 0 Å². The van der Waals surface area contributed by atoms with E-state index in [2.05, 4.69) is 9.97 Å². The smallest absolute Gasteiger partial charge is 0.261 e. The van der Waals surface area contributed by atoms with Crippen LogP contribution < -0.4 is 11.3 Å². The molecular weight excluding hydrogens is 410 g/mol. The molecule has 2 heterocycles. The van der Waals surface area contributed by atoms with Crippen LogP contribution in [0.1, 0.15) is 5.82 Å². The van der Waals surface area contributed by atoms with Gasteiger partial charge in [0.15, 0.2) is 5.16 Å². The van der Waals surface area contributed by atoms with Crippen molar-refractivity contribution < 1.29 is 4.79 Å². The Morgan fingerprint density at radius 2 is 1.90 bits per heavy atom. The van der Waals surface area contributed by atoms with Gasteiger partial charge in [-0.3, -0.25) is 18.7 Å². The molecule has 0 saturated heterocycles. The third kappa shape index (κ3) is 4.03. The maximum absolute atomic E-state index is 12.8. The van der Waals surface area contributed by atoms with Gasteiger partial charge in [0.1, 0.15) is 12.4 Å². The van der Waals surface area contributed by atoms with Crippen LogP contribution in [0, 0.1) is 0 Å². The van der Waals surface area contributed by atoms with Crippen LogP contribution in [0.3, 0.4) is 0 Å². The van der Waals surface area contributed by atoms with Gasteiger partial charge in [0.25, 0.3) is 5.56 Å². The van der Waals surface area contributed by atoms with Crippen molar-refractivity contribution in [2.24, 2.45) is 5.73 Å². The number of hydrogen-bond acceptors (Lipinski definition) is 5. The number of halogens is 1. The number of carbonyl (C=O) groups excluding carboxylic acids is 1. The zero-order valence-corrected chi connectivity index (χ0v) is 16.7. The topological polar surface area (TPSA) is 95.8 Å². The minimum Gasteiger partial charge on any atom is -0.368 e. The number of imidazole rings is 1. The summed E-state index contributed by atoms with van der Waals surface area (Å²) in [6.45, 7) is -0.224. The molecule has 0 radical (unpaired) electrons. The molecule has 0 spiro atoms. The van der Waals surface area contributed by atoms with E-state index in [-0.39, 0.29) is 12.1 Å². The number of rotatable bonds is 6. The monoisotopic (exact) mass is 425 g/mol. The first kappa shape index (κ1) is 19.2. The van der Waals surface area contributed by atoms with Gasteiger partial charge < -0.3 is 5.73 Å². The lowest BCUT2D eigenvalue weighted by molar-refractivity contribution is -0.118. The minimum absolute atomic E-state index is 0.224. The van der Waals surface area contributed by atoms with Gasteiger partial charge in [-0.2, -0.15) is 0 Å². The van der Waals surface area contributed by atoms with Crippen LogP contribution in [0.4, 0.5) is 0 Å². The Balaban J connectivity index is 1.69. The van der Waals surface area contributed by atoms with E-state index in [0.717, 1.165) is 10.8 Å². The van der Waals surface area contributed by atoms with Gasteiger partial charge in [0.2, 0.25) is 5.91 Å². The summed E-state index contributed by atoms with van der Waals surface area (Å²) >= 11 is 7.38. The molecule has 0 atom stereocenters. The first-order valence-electron chi connectivity index (χ1n) is 8.72. The van der Waals surface area contributed by atoms with Gasteiger partial charge >= 0.3 is 0 Å². The summed E-state index contributed by atoms with van der Waals surface area (Å²) in [7, 11) is 0. The predicted octanol–water partition coefficient (Wildman–Crippen LogP) is 3.01. The Morgan fingerprint density at radius 1 is 1.14 bits per heavy atom. The lowest BCUT2D eigenvalue weighted by atomic mass is 10.2. The van der Waals surface area contributed by atoms with Crippen LogP contribution in [0.15, 0.2) is 70.9 Å². The van der Waals surface area contributed by atoms with E-state index in [1.165, 1.54) is 16.3 Å². The second-order valence-electron chi connectivity index (χ2n) is 6.25. The van der Waals surface area contributed by atoms with Crippen molar-refractivity contribution in [2.45, 2.75) is 17.5 Å². The lowest BCUT2D eigenvalue weighted by Gasteiger charge is -2.12. The normalized spacial score (nSPS) is 11.1. The number of carbonyl (C=O) groups is 1. The molecule has 4 rings (SSSR count). The lowest BCUT2D eigenvalue weighted by Crippen LogP contribution is -2.31. The average Bonchev–Trinajstić information content (AvgIpc) is 3.18. The third-order valence-corrected chi connectivity index (χ3v) is 5.51. The standard InChI is InChI=1S/C20H16ClN5O2S/c21-13-5-7-14(8-6-13)25-10-9-23-20(25)29-12-18-24-16-4-2-1-3-15(16)19(28)26(18)11-17(22)27/h1-10H,11-12H2,(H2,22,27). The van der Waals surface area contributed by atoms with Crippen LogP contribution >= 0.6 is 23.4 Å². The van der Waals surface area contributed by atoms with Gasteiger partial charge in [-0.05, 0) is 36.4 Å². The number of hydrogen-bond donors (Lipinski definition) is 1. The van der Waals surface area contributed by atoms with E-state index in [1.54, 1.807) is 36.5 Å². The van der Waals surface area contributed by atoms with Crippen molar-refractivity contribution in [1.29, 1.82) is 0 Å². The molecule has 9 heteroatoms. The van der Waals surface area contributed by atoms with Crippen molar-refractivity contribution >= 4 is 40.2 Å². The third-order valence-electron chi connectivity index (χ3n) is 4.30. The second kappa shape index (κ2) is 8.10. The SMILES string of the molecule is NC(=O)Cn1c(CSc2nccn2-c2ccc(Cl)cc2)nc2ccccc2c1=O. The quantitative estimate of drug-likeness (QED) is 0.479. The maximum Gasteiger partial charge on any atom is 0.261 e. The van der Waals surface area contributed by atoms with E-state index in [4.69, 9.17) is 17.3 Å². The van der Waals surface area contributed by atoms with Gasteiger partial charge in [-0.25, -0.2) is 9.97 Å². The molecule has 2 aromatic carbocycles. The maximum atomic E-state index is 12.8. The summed E-state index contributed by atoms with van der Waals surface area (Å²) in [5.74, 6) is 0.207. The van der Waals surface area contributed by atoms with E-state index >= 15 is 0 Å². The summed E-state index contributed by atoms with van der Waals surface area (Å²) in [6, 6.07) is 14.4. The Morgan fingerprint density at radius 3 is 2.66 bits per heavy atom. The number of primary amides is 1. The average molecular weight is 426 g/mol. The molecule has 7 nitrogen and oxygen atoms in total. The number of fused-ring (bicyclic) bond motifs is 1. The number of amides is 1. The van der Waals surface area contributed by atoms with Crippen LogP contribution in [0.2, 0.25) is 5.02 Å². The number of benzene rings is 2. The molecule has 4 aromatic rings. The molecule has 0 bridgehead atoms. The first-order valence-corrected chi connectivity index (χ1v) is 10.1. The summed E-state index contributed by atoms with van der Waals surface area (Å²) in [4.78, 5) is 33.3. The zero-order chi connectivity index (χ0) is 20.4. The second-order valence-corrected chi connectivity index (χ2v) is 7.63. The Kier molecular flexibility index (Phi) is 5.37. The van der Waals surface area contributed by atoms with Gasteiger partial charge in [0, 0.05) is 23.1 Å². The molecule has 0 fully saturated rings. The molecule has 1 amide bonds. The number of nitrogens with zero attached hydrogens (tertiary/aromatic N) is 4. The summed E-state index contributed by atoms with van der Waals surface area (Å²) in [5.41, 5.74) is 6.55. The fourth-order valence-electron chi connectivity index (χ4n) is 2.97. The number of aromatic nitrogens is 4. The Labute approximate surface area is 175 Å². The van der Waals surface area contributed by atoms with Crippen molar-refractivity contribution in [3.8, 4) is 5.69 Å². The number of para-hydroxylation sites is 1. The summed E-state index contributed by atoms with van der Waals surface area (Å²) in [5, 5.41) is 1.82. The van der Waals surface area contributed by atoms with E-state index in [1.807, 2.05) is 29.0 Å². The largest absolute Gasteiger partial charge is 0.368 e. The molecule has 0 aliphatic rings.